The Balaban J connectivity index is 1.84. The number of nitrogens with zero attached hydrogens (tertiary/aromatic N) is 1. The minimum atomic E-state index is -0.0254. The second-order valence-corrected chi connectivity index (χ2v) is 9.08. The van der Waals surface area contributed by atoms with E-state index < -0.39 is 0 Å². The van der Waals surface area contributed by atoms with E-state index in [2.05, 4.69) is 22.8 Å². The van der Waals surface area contributed by atoms with Crippen LogP contribution in [-0.4, -0.2) is 28.1 Å². The van der Waals surface area contributed by atoms with Gasteiger partial charge in [-0.2, -0.15) is 5.10 Å². The van der Waals surface area contributed by atoms with Crippen LogP contribution in [-0.2, 0) is 0 Å². The molecule has 0 atom stereocenters. The molecule has 0 bridgehead atoms. The van der Waals surface area contributed by atoms with Crippen molar-refractivity contribution >= 4 is 23.5 Å². The van der Waals surface area contributed by atoms with Gasteiger partial charge in [-0.3, -0.25) is 5.43 Å². The van der Waals surface area contributed by atoms with Gasteiger partial charge in [-0.25, -0.2) is 0 Å². The lowest BCUT2D eigenvalue weighted by atomic mass is 10.0. The number of hydrogen-bond acceptors (Lipinski definition) is 4. The molecule has 0 aliphatic heterocycles. The summed E-state index contributed by atoms with van der Waals surface area (Å²) >= 11 is 5.19. The van der Waals surface area contributed by atoms with Crippen molar-refractivity contribution in [2.45, 2.75) is 110 Å². The van der Waals surface area contributed by atoms with E-state index in [0.29, 0.717) is 10.7 Å². The third-order valence-corrected chi connectivity index (χ3v) is 5.94. The van der Waals surface area contributed by atoms with Gasteiger partial charge in [-0.1, -0.05) is 103 Å². The number of hydrogen-bond donors (Lipinski definition) is 4. The minimum absolute atomic E-state index is 0.0172. The molecule has 0 radical (unpaired) electrons. The number of phenols is 2. The topological polar surface area (TPSA) is 76.9 Å². The highest BCUT2D eigenvalue weighted by Gasteiger charge is 1.99. The van der Waals surface area contributed by atoms with E-state index in [-0.39, 0.29) is 11.5 Å². The maximum atomic E-state index is 9.70. The molecule has 0 heterocycles. The Bertz CT molecular complexity index is 637. The second kappa shape index (κ2) is 19.8. The summed E-state index contributed by atoms with van der Waals surface area (Å²) in [7, 11) is 0. The quantitative estimate of drug-likeness (QED) is 0.0758. The zero-order chi connectivity index (χ0) is 23.3. The van der Waals surface area contributed by atoms with Gasteiger partial charge in [0.25, 0.3) is 0 Å². The van der Waals surface area contributed by atoms with Crippen LogP contribution in [0.25, 0.3) is 0 Å². The molecule has 1 aromatic rings. The Kier molecular flexibility index (Phi) is 17.5. The van der Waals surface area contributed by atoms with Crippen LogP contribution >= 0.6 is 12.2 Å². The SMILES string of the molecule is CCCCCCCCCCCCCCCCCCNC(=S)N/N=C\c1ccc(O)cc1O. The van der Waals surface area contributed by atoms with E-state index in [1.165, 1.54) is 115 Å². The highest BCUT2D eigenvalue weighted by atomic mass is 32.1. The summed E-state index contributed by atoms with van der Waals surface area (Å²) in [6.07, 6.45) is 23.3. The fourth-order valence-corrected chi connectivity index (χ4v) is 3.87. The van der Waals surface area contributed by atoms with E-state index in [9.17, 15) is 10.2 Å². The highest BCUT2D eigenvalue weighted by molar-refractivity contribution is 7.80. The third kappa shape index (κ3) is 15.9. The van der Waals surface area contributed by atoms with Crippen molar-refractivity contribution in [1.29, 1.82) is 0 Å². The first-order chi connectivity index (χ1) is 15.6. The molecule has 6 heteroatoms. The Morgan fingerprint density at radius 2 is 1.31 bits per heavy atom. The van der Waals surface area contributed by atoms with Crippen LogP contribution in [0.1, 0.15) is 115 Å². The minimum Gasteiger partial charge on any atom is -0.508 e. The molecule has 0 amide bonds. The Morgan fingerprint density at radius 1 is 0.812 bits per heavy atom. The lowest BCUT2D eigenvalue weighted by Crippen LogP contribution is -2.32. The first-order valence-corrected chi connectivity index (χ1v) is 13.1. The van der Waals surface area contributed by atoms with Crippen LogP contribution in [0, 0.1) is 0 Å². The molecule has 0 saturated carbocycles. The molecular weight excluding hydrogens is 418 g/mol. The van der Waals surface area contributed by atoms with Crippen molar-refractivity contribution in [3.05, 3.63) is 23.8 Å². The van der Waals surface area contributed by atoms with Crippen molar-refractivity contribution in [3.63, 3.8) is 0 Å². The molecular formula is C26H45N3O2S. The number of nitrogens with one attached hydrogen (secondary N) is 2. The van der Waals surface area contributed by atoms with Crippen LogP contribution in [0.4, 0.5) is 0 Å². The maximum Gasteiger partial charge on any atom is 0.186 e. The lowest BCUT2D eigenvalue weighted by molar-refractivity contribution is 0.450. The van der Waals surface area contributed by atoms with Crippen molar-refractivity contribution in [1.82, 2.24) is 10.7 Å². The number of thiocarbonyl (C=S) groups is 1. The molecule has 182 valence electrons. The molecule has 0 aromatic heterocycles. The monoisotopic (exact) mass is 463 g/mol. The highest BCUT2D eigenvalue weighted by Crippen LogP contribution is 2.20. The summed E-state index contributed by atoms with van der Waals surface area (Å²) in [4.78, 5) is 0. The number of hydrazone groups is 1. The molecule has 32 heavy (non-hydrogen) atoms. The molecule has 5 nitrogen and oxygen atoms in total. The maximum absolute atomic E-state index is 9.70. The van der Waals surface area contributed by atoms with E-state index >= 15 is 0 Å². The van der Waals surface area contributed by atoms with Crippen LogP contribution < -0.4 is 10.7 Å². The van der Waals surface area contributed by atoms with E-state index in [0.717, 1.165) is 13.0 Å². The standard InChI is InChI=1S/C26H45N3O2S/c1-2-3-4-5-6-7-8-9-10-11-12-13-14-15-16-17-20-27-26(32)29-28-22-23-18-19-24(30)21-25(23)31/h18-19,21-22,30-31H,2-17,20H2,1H3,(H2,27,29,32)/b28-22-. The summed E-state index contributed by atoms with van der Waals surface area (Å²) in [6, 6.07) is 4.35. The molecule has 0 spiro atoms. The molecule has 1 rings (SSSR count). The number of unbranched alkanes of at least 4 members (excludes halogenated alkanes) is 15. The van der Waals surface area contributed by atoms with Crippen LogP contribution in [0.5, 0.6) is 11.5 Å². The fourth-order valence-electron chi connectivity index (χ4n) is 3.72. The molecule has 4 N–H and O–H groups in total. The summed E-state index contributed by atoms with van der Waals surface area (Å²) in [5.74, 6) is -0.00815. The average molecular weight is 464 g/mol. The van der Waals surface area contributed by atoms with Crippen LogP contribution in [0.15, 0.2) is 23.3 Å². The summed E-state index contributed by atoms with van der Waals surface area (Å²) in [6.45, 7) is 3.12. The van der Waals surface area contributed by atoms with Gasteiger partial charge in [0.1, 0.15) is 11.5 Å². The molecule has 1 aromatic carbocycles. The predicted octanol–water partition coefficient (Wildman–Crippen LogP) is 7.16. The molecule has 0 unspecified atom stereocenters. The zero-order valence-corrected chi connectivity index (χ0v) is 20.9. The Hall–Kier alpha value is -1.82. The third-order valence-electron chi connectivity index (χ3n) is 5.70. The lowest BCUT2D eigenvalue weighted by Gasteiger charge is -2.07. The van der Waals surface area contributed by atoms with E-state index in [1.54, 1.807) is 6.07 Å². The van der Waals surface area contributed by atoms with Crippen molar-refractivity contribution in [3.8, 4) is 11.5 Å². The van der Waals surface area contributed by atoms with Crippen molar-refractivity contribution in [2.24, 2.45) is 5.10 Å². The summed E-state index contributed by atoms with van der Waals surface area (Å²) in [5.41, 5.74) is 3.25. The van der Waals surface area contributed by atoms with E-state index in [4.69, 9.17) is 12.2 Å². The van der Waals surface area contributed by atoms with Crippen molar-refractivity contribution in [2.75, 3.05) is 6.54 Å². The summed E-state index contributed by atoms with van der Waals surface area (Å²) in [5, 5.41) is 26.6. The van der Waals surface area contributed by atoms with Crippen LogP contribution in [0.3, 0.4) is 0 Å². The summed E-state index contributed by atoms with van der Waals surface area (Å²) < 4.78 is 0. The molecule has 0 aliphatic carbocycles. The normalized spacial score (nSPS) is 11.2. The largest absolute Gasteiger partial charge is 0.508 e. The molecule has 0 saturated heterocycles. The van der Waals surface area contributed by atoms with Gasteiger partial charge in [0, 0.05) is 18.2 Å². The number of rotatable bonds is 19. The average Bonchev–Trinajstić information content (AvgIpc) is 2.77. The molecule has 0 aliphatic rings. The number of aromatic hydroxyl groups is 2. The van der Waals surface area contributed by atoms with Gasteiger partial charge in [0.2, 0.25) is 0 Å². The van der Waals surface area contributed by atoms with Gasteiger partial charge in [-0.05, 0) is 30.8 Å². The van der Waals surface area contributed by atoms with Gasteiger partial charge in [0.15, 0.2) is 5.11 Å². The van der Waals surface area contributed by atoms with Crippen molar-refractivity contribution < 1.29 is 10.2 Å². The number of phenolic OH excluding ortho intramolecular Hbond substituents is 2. The predicted molar refractivity (Wildman–Crippen MR) is 141 cm³/mol. The Labute approximate surface area is 201 Å². The van der Waals surface area contributed by atoms with Gasteiger partial charge in [0.05, 0.1) is 6.21 Å². The van der Waals surface area contributed by atoms with Gasteiger partial charge >= 0.3 is 0 Å². The van der Waals surface area contributed by atoms with Gasteiger partial charge < -0.3 is 15.5 Å². The smallest absolute Gasteiger partial charge is 0.186 e. The van der Waals surface area contributed by atoms with Gasteiger partial charge in [-0.15, -0.1) is 0 Å². The zero-order valence-electron chi connectivity index (χ0n) is 20.1. The van der Waals surface area contributed by atoms with Crippen LogP contribution in [0.2, 0.25) is 0 Å². The van der Waals surface area contributed by atoms with E-state index in [1.807, 2.05) is 0 Å². The fraction of sp³-hybridized carbons (Fsp3) is 0.692. The Morgan fingerprint density at radius 3 is 1.81 bits per heavy atom. The second-order valence-electron chi connectivity index (χ2n) is 8.67. The first-order valence-electron chi connectivity index (χ1n) is 12.7. The number of benzene rings is 1. The molecule has 0 fully saturated rings. The first kappa shape index (κ1) is 28.2.